The summed E-state index contributed by atoms with van der Waals surface area (Å²) in [6.07, 6.45) is 5.64. The SMILES string of the molecule is COC(=O)[C@@H]1CCCN1C1CCN(c2ccc(C#N)cn2)CC1. The van der Waals surface area contributed by atoms with Gasteiger partial charge in [-0.1, -0.05) is 0 Å². The number of hydrogen-bond donors (Lipinski definition) is 0. The number of anilines is 1. The van der Waals surface area contributed by atoms with E-state index in [0.29, 0.717) is 11.6 Å². The van der Waals surface area contributed by atoms with Crippen molar-refractivity contribution < 1.29 is 9.53 Å². The summed E-state index contributed by atoms with van der Waals surface area (Å²) in [5, 5.41) is 8.84. The number of piperidine rings is 1. The van der Waals surface area contributed by atoms with Gasteiger partial charge in [0.15, 0.2) is 0 Å². The average molecular weight is 314 g/mol. The van der Waals surface area contributed by atoms with E-state index < -0.39 is 0 Å². The monoisotopic (exact) mass is 314 g/mol. The van der Waals surface area contributed by atoms with Gasteiger partial charge in [-0.2, -0.15) is 5.26 Å². The van der Waals surface area contributed by atoms with Crippen LogP contribution >= 0.6 is 0 Å². The maximum atomic E-state index is 11.9. The first-order valence-corrected chi connectivity index (χ1v) is 8.17. The van der Waals surface area contributed by atoms with Crippen LogP contribution in [0.2, 0.25) is 0 Å². The molecule has 6 heteroatoms. The van der Waals surface area contributed by atoms with Crippen molar-refractivity contribution in [2.45, 2.75) is 37.8 Å². The number of hydrogen-bond acceptors (Lipinski definition) is 6. The maximum Gasteiger partial charge on any atom is 0.323 e. The van der Waals surface area contributed by atoms with Crippen LogP contribution in [0, 0.1) is 11.3 Å². The first-order chi connectivity index (χ1) is 11.2. The van der Waals surface area contributed by atoms with Crippen molar-refractivity contribution in [3.05, 3.63) is 23.9 Å². The predicted octanol–water partition coefficient (Wildman–Crippen LogP) is 1.56. The summed E-state index contributed by atoms with van der Waals surface area (Å²) in [5.41, 5.74) is 0.585. The third-order valence-corrected chi connectivity index (χ3v) is 4.90. The second-order valence-electron chi connectivity index (χ2n) is 6.15. The van der Waals surface area contributed by atoms with E-state index in [0.717, 1.165) is 51.1 Å². The van der Waals surface area contributed by atoms with Crippen LogP contribution in [0.3, 0.4) is 0 Å². The summed E-state index contributed by atoms with van der Waals surface area (Å²) in [6, 6.07) is 6.18. The molecular formula is C17H22N4O2. The highest BCUT2D eigenvalue weighted by Gasteiger charge is 2.37. The Labute approximate surface area is 136 Å². The number of aromatic nitrogens is 1. The molecule has 2 fully saturated rings. The second kappa shape index (κ2) is 6.97. The minimum Gasteiger partial charge on any atom is -0.468 e. The van der Waals surface area contributed by atoms with Gasteiger partial charge in [-0.05, 0) is 44.4 Å². The summed E-state index contributed by atoms with van der Waals surface area (Å²) >= 11 is 0. The molecule has 2 aliphatic rings. The van der Waals surface area contributed by atoms with Crippen LogP contribution < -0.4 is 4.90 Å². The van der Waals surface area contributed by atoms with Crippen molar-refractivity contribution in [2.75, 3.05) is 31.6 Å². The van der Waals surface area contributed by atoms with E-state index in [1.165, 1.54) is 7.11 Å². The largest absolute Gasteiger partial charge is 0.468 e. The van der Waals surface area contributed by atoms with Crippen LogP contribution in [0.15, 0.2) is 18.3 Å². The van der Waals surface area contributed by atoms with Crippen LogP contribution in [-0.2, 0) is 9.53 Å². The number of esters is 1. The van der Waals surface area contributed by atoms with Crippen LogP contribution in [0.1, 0.15) is 31.2 Å². The molecule has 2 saturated heterocycles. The van der Waals surface area contributed by atoms with Crippen molar-refractivity contribution in [3.63, 3.8) is 0 Å². The zero-order valence-corrected chi connectivity index (χ0v) is 13.4. The molecule has 23 heavy (non-hydrogen) atoms. The molecule has 0 aromatic carbocycles. The smallest absolute Gasteiger partial charge is 0.323 e. The van der Waals surface area contributed by atoms with Crippen molar-refractivity contribution in [1.29, 1.82) is 5.26 Å². The molecule has 6 nitrogen and oxygen atoms in total. The third kappa shape index (κ3) is 3.30. The van der Waals surface area contributed by atoms with E-state index in [-0.39, 0.29) is 12.0 Å². The van der Waals surface area contributed by atoms with Gasteiger partial charge in [0.05, 0.1) is 12.7 Å². The number of nitriles is 1. The summed E-state index contributed by atoms with van der Waals surface area (Å²) < 4.78 is 4.94. The fourth-order valence-electron chi connectivity index (χ4n) is 3.68. The molecule has 0 N–H and O–H groups in total. The number of rotatable bonds is 3. The molecule has 122 valence electrons. The van der Waals surface area contributed by atoms with Crippen molar-refractivity contribution >= 4 is 11.8 Å². The summed E-state index contributed by atoms with van der Waals surface area (Å²) in [6.45, 7) is 2.83. The van der Waals surface area contributed by atoms with Gasteiger partial charge in [0, 0.05) is 25.3 Å². The fraction of sp³-hybridized carbons (Fsp3) is 0.588. The fourth-order valence-corrected chi connectivity index (χ4v) is 3.68. The minimum absolute atomic E-state index is 0.0652. The zero-order chi connectivity index (χ0) is 16.2. The lowest BCUT2D eigenvalue weighted by Crippen LogP contribution is -2.49. The number of carbonyl (C=O) groups excluding carboxylic acids is 1. The standard InChI is InChI=1S/C17H22N4O2/c1-23-17(22)15-3-2-8-21(15)14-6-9-20(10-7-14)16-5-4-13(11-18)12-19-16/h4-5,12,14-15H,2-3,6-10H2,1H3/t15-/m0/s1. The van der Waals surface area contributed by atoms with Crippen molar-refractivity contribution in [3.8, 4) is 6.07 Å². The molecule has 0 amide bonds. The Morgan fingerprint density at radius 1 is 1.30 bits per heavy atom. The molecule has 0 aliphatic carbocycles. The number of pyridine rings is 1. The van der Waals surface area contributed by atoms with Crippen LogP contribution in [0.5, 0.6) is 0 Å². The normalized spacial score (nSPS) is 22.8. The van der Waals surface area contributed by atoms with E-state index in [2.05, 4.69) is 20.9 Å². The lowest BCUT2D eigenvalue weighted by atomic mass is 10.0. The third-order valence-electron chi connectivity index (χ3n) is 4.90. The first-order valence-electron chi connectivity index (χ1n) is 8.17. The minimum atomic E-state index is -0.0984. The quantitative estimate of drug-likeness (QED) is 0.789. The van der Waals surface area contributed by atoms with Gasteiger partial charge in [-0.25, -0.2) is 4.98 Å². The molecule has 0 spiro atoms. The molecule has 0 unspecified atom stereocenters. The Balaban J connectivity index is 1.59. The first kappa shape index (κ1) is 15.8. The van der Waals surface area contributed by atoms with Gasteiger partial charge >= 0.3 is 5.97 Å². The highest BCUT2D eigenvalue weighted by atomic mass is 16.5. The molecule has 1 aromatic rings. The Kier molecular flexibility index (Phi) is 4.77. The maximum absolute atomic E-state index is 11.9. The number of likely N-dealkylation sites (tertiary alicyclic amines) is 1. The number of ether oxygens (including phenoxy) is 1. The highest BCUT2D eigenvalue weighted by Crippen LogP contribution is 2.28. The number of nitrogens with zero attached hydrogens (tertiary/aromatic N) is 4. The molecule has 1 aromatic heterocycles. The predicted molar refractivity (Wildman–Crippen MR) is 85.9 cm³/mol. The molecular weight excluding hydrogens is 292 g/mol. The van der Waals surface area contributed by atoms with Gasteiger partial charge in [-0.3, -0.25) is 9.69 Å². The Hall–Kier alpha value is -2.13. The Morgan fingerprint density at radius 3 is 2.70 bits per heavy atom. The molecule has 1 atom stereocenters. The lowest BCUT2D eigenvalue weighted by Gasteiger charge is -2.39. The van der Waals surface area contributed by atoms with E-state index in [1.54, 1.807) is 6.20 Å². The zero-order valence-electron chi connectivity index (χ0n) is 13.4. The van der Waals surface area contributed by atoms with Crippen LogP contribution in [0.4, 0.5) is 5.82 Å². The van der Waals surface area contributed by atoms with E-state index in [9.17, 15) is 4.79 Å². The summed E-state index contributed by atoms with van der Waals surface area (Å²) in [4.78, 5) is 20.9. The van der Waals surface area contributed by atoms with Crippen LogP contribution in [-0.4, -0.2) is 54.7 Å². The van der Waals surface area contributed by atoms with E-state index in [1.807, 2.05) is 12.1 Å². The topological polar surface area (TPSA) is 69.5 Å². The Bertz CT molecular complexity index is 588. The lowest BCUT2D eigenvalue weighted by molar-refractivity contribution is -0.146. The van der Waals surface area contributed by atoms with Crippen LogP contribution in [0.25, 0.3) is 0 Å². The van der Waals surface area contributed by atoms with Gasteiger partial charge < -0.3 is 9.64 Å². The molecule has 0 saturated carbocycles. The van der Waals surface area contributed by atoms with Crippen molar-refractivity contribution in [2.24, 2.45) is 0 Å². The molecule has 3 heterocycles. The van der Waals surface area contributed by atoms with Gasteiger partial charge in [-0.15, -0.1) is 0 Å². The molecule has 3 rings (SSSR count). The molecule has 2 aliphatic heterocycles. The van der Waals surface area contributed by atoms with Gasteiger partial charge in [0.2, 0.25) is 0 Å². The van der Waals surface area contributed by atoms with Gasteiger partial charge in [0.25, 0.3) is 0 Å². The number of methoxy groups -OCH3 is 1. The second-order valence-corrected chi connectivity index (χ2v) is 6.15. The van der Waals surface area contributed by atoms with Gasteiger partial charge in [0.1, 0.15) is 17.9 Å². The Morgan fingerprint density at radius 2 is 2.09 bits per heavy atom. The molecule has 0 radical (unpaired) electrons. The van der Waals surface area contributed by atoms with E-state index in [4.69, 9.17) is 10.00 Å². The molecule has 0 bridgehead atoms. The van der Waals surface area contributed by atoms with Crippen molar-refractivity contribution in [1.82, 2.24) is 9.88 Å². The average Bonchev–Trinajstić information content (AvgIpc) is 3.11. The number of carbonyl (C=O) groups is 1. The summed E-state index contributed by atoms with van der Waals surface area (Å²) in [7, 11) is 1.47. The highest BCUT2D eigenvalue weighted by molar-refractivity contribution is 5.76. The summed E-state index contributed by atoms with van der Waals surface area (Å²) in [5.74, 6) is 0.826. The van der Waals surface area contributed by atoms with E-state index >= 15 is 0 Å².